The van der Waals surface area contributed by atoms with Gasteiger partial charge in [0.1, 0.15) is 5.82 Å². The Morgan fingerprint density at radius 2 is 2.05 bits per heavy atom. The predicted octanol–water partition coefficient (Wildman–Crippen LogP) is 2.64. The molecule has 0 aliphatic carbocycles. The van der Waals surface area contributed by atoms with Crippen molar-refractivity contribution in [1.29, 1.82) is 0 Å². The van der Waals surface area contributed by atoms with E-state index in [1.807, 2.05) is 6.92 Å². The van der Waals surface area contributed by atoms with Gasteiger partial charge in [0.05, 0.1) is 15.9 Å². The fraction of sp³-hybridized carbons (Fsp3) is 0.500. The highest BCUT2D eigenvalue weighted by atomic mass is 79.9. The van der Waals surface area contributed by atoms with Crippen molar-refractivity contribution in [2.45, 2.75) is 20.3 Å². The van der Waals surface area contributed by atoms with Gasteiger partial charge in [-0.1, -0.05) is 6.92 Å². The van der Waals surface area contributed by atoms with Gasteiger partial charge in [-0.25, -0.2) is 12.8 Å². The molecule has 0 radical (unpaired) electrons. The summed E-state index contributed by atoms with van der Waals surface area (Å²) in [5, 5.41) is 3.05. The molecule has 1 rings (SSSR count). The van der Waals surface area contributed by atoms with Crippen LogP contribution in [0, 0.1) is 12.7 Å². The molecule has 0 bridgehead atoms. The summed E-state index contributed by atoms with van der Waals surface area (Å²) in [4.78, 5) is 0. The van der Waals surface area contributed by atoms with Crippen LogP contribution in [0.15, 0.2) is 16.6 Å². The maximum absolute atomic E-state index is 13.4. The van der Waals surface area contributed by atoms with E-state index in [2.05, 4.69) is 26.0 Å². The van der Waals surface area contributed by atoms with Crippen LogP contribution in [0.1, 0.15) is 18.9 Å². The molecule has 0 fully saturated rings. The molecule has 0 amide bonds. The van der Waals surface area contributed by atoms with E-state index in [-0.39, 0.29) is 11.4 Å². The molecule has 1 aromatic rings. The Morgan fingerprint density at radius 1 is 1.37 bits per heavy atom. The van der Waals surface area contributed by atoms with Crippen molar-refractivity contribution in [3.05, 3.63) is 28.0 Å². The molecule has 2 N–H and O–H groups in total. The van der Waals surface area contributed by atoms with Crippen molar-refractivity contribution < 1.29 is 12.8 Å². The average molecular weight is 353 g/mol. The van der Waals surface area contributed by atoms with E-state index in [9.17, 15) is 12.8 Å². The first-order valence-corrected chi connectivity index (χ1v) is 8.47. The Kier molecular flexibility index (Phi) is 6.22. The largest absolute Gasteiger partial charge is 0.317 e. The molecule has 0 unspecified atom stereocenters. The van der Waals surface area contributed by atoms with Crippen molar-refractivity contribution in [1.82, 2.24) is 5.32 Å². The zero-order chi connectivity index (χ0) is 14.5. The van der Waals surface area contributed by atoms with Crippen LogP contribution in [-0.4, -0.2) is 27.3 Å². The highest BCUT2D eigenvalue weighted by Crippen LogP contribution is 2.24. The lowest BCUT2D eigenvalue weighted by Gasteiger charge is -2.11. The molecule has 0 aromatic heterocycles. The summed E-state index contributed by atoms with van der Waals surface area (Å²) in [7, 11) is -3.44. The minimum Gasteiger partial charge on any atom is -0.317 e. The van der Waals surface area contributed by atoms with Gasteiger partial charge < -0.3 is 5.32 Å². The van der Waals surface area contributed by atoms with Gasteiger partial charge in [0.25, 0.3) is 0 Å². The lowest BCUT2D eigenvalue weighted by molar-refractivity contribution is 0.595. The highest BCUT2D eigenvalue weighted by Gasteiger charge is 2.13. The monoisotopic (exact) mass is 352 g/mol. The van der Waals surface area contributed by atoms with E-state index >= 15 is 0 Å². The van der Waals surface area contributed by atoms with Gasteiger partial charge in [0.15, 0.2) is 0 Å². The zero-order valence-electron chi connectivity index (χ0n) is 11.0. The fourth-order valence-corrected chi connectivity index (χ4v) is 3.18. The second-order valence-electron chi connectivity index (χ2n) is 4.21. The van der Waals surface area contributed by atoms with Gasteiger partial charge in [-0.3, -0.25) is 4.72 Å². The molecular weight excluding hydrogens is 335 g/mol. The van der Waals surface area contributed by atoms with E-state index in [4.69, 9.17) is 0 Å². The number of sulfonamides is 1. The third kappa shape index (κ3) is 5.46. The SMILES string of the molecule is CCNCCCS(=O)(=O)Nc1cc(F)c(Br)cc1C. The molecule has 0 atom stereocenters. The molecule has 0 aliphatic rings. The molecule has 108 valence electrons. The number of nitrogens with one attached hydrogen (secondary N) is 2. The third-order valence-corrected chi connectivity index (χ3v) is 4.51. The zero-order valence-corrected chi connectivity index (χ0v) is 13.4. The molecule has 19 heavy (non-hydrogen) atoms. The smallest absolute Gasteiger partial charge is 0.232 e. The van der Waals surface area contributed by atoms with Crippen LogP contribution in [0.2, 0.25) is 0 Å². The van der Waals surface area contributed by atoms with Gasteiger partial charge in [-0.05, 0) is 60.1 Å². The van der Waals surface area contributed by atoms with E-state index in [1.54, 1.807) is 13.0 Å². The topological polar surface area (TPSA) is 58.2 Å². The first-order chi connectivity index (χ1) is 8.85. The van der Waals surface area contributed by atoms with Crippen LogP contribution in [0.5, 0.6) is 0 Å². The van der Waals surface area contributed by atoms with Crippen molar-refractivity contribution in [2.75, 3.05) is 23.6 Å². The second kappa shape index (κ2) is 7.21. The van der Waals surface area contributed by atoms with Crippen LogP contribution < -0.4 is 10.0 Å². The lowest BCUT2D eigenvalue weighted by atomic mass is 10.2. The number of benzene rings is 1. The number of hydrogen-bond donors (Lipinski definition) is 2. The van der Waals surface area contributed by atoms with Crippen LogP contribution in [-0.2, 0) is 10.0 Å². The first kappa shape index (κ1) is 16.4. The molecule has 0 aliphatic heterocycles. The van der Waals surface area contributed by atoms with Crippen molar-refractivity contribution >= 4 is 31.6 Å². The number of anilines is 1. The highest BCUT2D eigenvalue weighted by molar-refractivity contribution is 9.10. The number of aryl methyl sites for hydroxylation is 1. The number of halogens is 2. The van der Waals surface area contributed by atoms with Crippen molar-refractivity contribution in [3.63, 3.8) is 0 Å². The second-order valence-corrected chi connectivity index (χ2v) is 6.91. The molecular formula is C12H18BrFN2O2S. The van der Waals surface area contributed by atoms with Crippen LogP contribution >= 0.6 is 15.9 Å². The van der Waals surface area contributed by atoms with Crippen molar-refractivity contribution in [3.8, 4) is 0 Å². The number of rotatable bonds is 7. The Bertz CT molecular complexity index is 535. The summed E-state index contributed by atoms with van der Waals surface area (Å²) in [5.41, 5.74) is 0.952. The van der Waals surface area contributed by atoms with Gasteiger partial charge in [-0.2, -0.15) is 0 Å². The van der Waals surface area contributed by atoms with Crippen LogP contribution in [0.25, 0.3) is 0 Å². The summed E-state index contributed by atoms with van der Waals surface area (Å²) in [6.45, 7) is 5.14. The Labute approximate surface area is 122 Å². The maximum atomic E-state index is 13.4. The van der Waals surface area contributed by atoms with Gasteiger partial charge in [0.2, 0.25) is 10.0 Å². The quantitative estimate of drug-likeness (QED) is 0.741. The molecule has 0 saturated carbocycles. The molecule has 4 nitrogen and oxygen atoms in total. The molecule has 0 spiro atoms. The summed E-state index contributed by atoms with van der Waals surface area (Å²) >= 11 is 3.06. The third-order valence-electron chi connectivity index (χ3n) is 2.55. The molecule has 0 heterocycles. The first-order valence-electron chi connectivity index (χ1n) is 6.02. The molecule has 0 saturated heterocycles. The summed E-state index contributed by atoms with van der Waals surface area (Å²) in [6, 6.07) is 2.73. The van der Waals surface area contributed by atoms with Gasteiger partial charge >= 0.3 is 0 Å². The number of hydrogen-bond acceptors (Lipinski definition) is 3. The minimum atomic E-state index is -3.44. The van der Waals surface area contributed by atoms with Gasteiger partial charge in [-0.15, -0.1) is 0 Å². The minimum absolute atomic E-state index is 0.0110. The summed E-state index contributed by atoms with van der Waals surface area (Å²) < 4.78 is 39.8. The maximum Gasteiger partial charge on any atom is 0.232 e. The van der Waals surface area contributed by atoms with E-state index in [0.29, 0.717) is 23.0 Å². The van der Waals surface area contributed by atoms with E-state index < -0.39 is 15.8 Å². The molecule has 1 aromatic carbocycles. The lowest BCUT2D eigenvalue weighted by Crippen LogP contribution is -2.22. The average Bonchev–Trinajstić information content (AvgIpc) is 2.31. The molecule has 7 heteroatoms. The Morgan fingerprint density at radius 3 is 2.68 bits per heavy atom. The van der Waals surface area contributed by atoms with Crippen molar-refractivity contribution in [2.24, 2.45) is 0 Å². The van der Waals surface area contributed by atoms with E-state index in [0.717, 1.165) is 6.54 Å². The Hall–Kier alpha value is -0.660. The normalized spacial score (nSPS) is 11.6. The standard InChI is InChI=1S/C12H18BrFN2O2S/c1-3-15-5-4-6-19(17,18)16-12-8-11(14)10(13)7-9(12)2/h7-8,15-16H,3-6H2,1-2H3. The fourth-order valence-electron chi connectivity index (χ4n) is 1.54. The van der Waals surface area contributed by atoms with Gasteiger partial charge in [0, 0.05) is 0 Å². The van der Waals surface area contributed by atoms with Crippen LogP contribution in [0.4, 0.5) is 10.1 Å². The van der Waals surface area contributed by atoms with E-state index in [1.165, 1.54) is 6.07 Å². The summed E-state index contributed by atoms with van der Waals surface area (Å²) in [6.07, 6.45) is 0.515. The Balaban J connectivity index is 2.70. The van der Waals surface area contributed by atoms with Crippen LogP contribution in [0.3, 0.4) is 0 Å². The summed E-state index contributed by atoms with van der Waals surface area (Å²) in [5.74, 6) is -0.479. The predicted molar refractivity (Wildman–Crippen MR) is 79.4 cm³/mol.